The van der Waals surface area contributed by atoms with E-state index in [9.17, 15) is 14.2 Å². The number of ether oxygens (including phenoxy) is 1. The molecular weight excluding hydrogens is 389 g/mol. The van der Waals surface area contributed by atoms with Crippen molar-refractivity contribution in [1.29, 1.82) is 0 Å². The SMILES string of the molecule is Cc1cn(C2C[C@H](N=[N+]=[N-])[C@@H](CO[P+](=O)OC3CCCCC3)O2)c(=O)[nH]c1=O. The molecule has 0 bridgehead atoms. The van der Waals surface area contributed by atoms with Crippen molar-refractivity contribution in [3.8, 4) is 0 Å². The summed E-state index contributed by atoms with van der Waals surface area (Å²) >= 11 is 0. The standard InChI is InChI=1S/C16H22N5O6P/c1-10-8-21(16(23)18-15(10)22)14-7-12(19-20-17)13(26-14)9-25-28(24)27-11-5-3-2-4-6-11/h8,11-14H,2-7,9H2,1H3/p+1/t12-,13+,14?/m0/s1. The van der Waals surface area contributed by atoms with E-state index in [1.165, 1.54) is 10.8 Å². The van der Waals surface area contributed by atoms with Crippen LogP contribution in [0, 0.1) is 6.92 Å². The van der Waals surface area contributed by atoms with Crippen LogP contribution in [-0.4, -0.2) is 34.4 Å². The van der Waals surface area contributed by atoms with Gasteiger partial charge in [-0.15, -0.1) is 9.05 Å². The molecule has 12 heteroatoms. The number of hydrogen-bond acceptors (Lipinski definition) is 7. The van der Waals surface area contributed by atoms with Crippen LogP contribution in [0.5, 0.6) is 0 Å². The van der Waals surface area contributed by atoms with Gasteiger partial charge in [0.1, 0.15) is 18.9 Å². The van der Waals surface area contributed by atoms with E-state index in [0.717, 1.165) is 32.1 Å². The van der Waals surface area contributed by atoms with Gasteiger partial charge in [0.05, 0.1) is 12.1 Å². The minimum atomic E-state index is -2.31. The Morgan fingerprint density at radius 2 is 2.14 bits per heavy atom. The predicted octanol–water partition coefficient (Wildman–Crippen LogP) is 2.83. The van der Waals surface area contributed by atoms with E-state index in [1.807, 2.05) is 0 Å². The molecule has 1 N–H and O–H groups in total. The average molecular weight is 412 g/mol. The first kappa shape index (κ1) is 20.7. The van der Waals surface area contributed by atoms with Gasteiger partial charge in [-0.05, 0) is 25.3 Å². The number of azide groups is 1. The smallest absolute Gasteiger partial charge is 0.352 e. The van der Waals surface area contributed by atoms with Gasteiger partial charge in [-0.3, -0.25) is 14.3 Å². The van der Waals surface area contributed by atoms with Crippen molar-refractivity contribution in [1.82, 2.24) is 9.55 Å². The zero-order valence-corrected chi connectivity index (χ0v) is 16.4. The number of H-pyrrole nitrogens is 1. The van der Waals surface area contributed by atoms with E-state index in [2.05, 4.69) is 15.0 Å². The van der Waals surface area contributed by atoms with Crippen molar-refractivity contribution in [3.05, 3.63) is 43.0 Å². The first-order valence-electron chi connectivity index (χ1n) is 9.26. The quantitative estimate of drug-likeness (QED) is 0.315. The Morgan fingerprint density at radius 3 is 2.86 bits per heavy atom. The second-order valence-corrected chi connectivity index (χ2v) is 7.92. The van der Waals surface area contributed by atoms with Crippen LogP contribution >= 0.6 is 8.25 Å². The highest BCUT2D eigenvalue weighted by Crippen LogP contribution is 2.35. The third-order valence-corrected chi connectivity index (χ3v) is 5.82. The molecule has 152 valence electrons. The van der Waals surface area contributed by atoms with Gasteiger partial charge in [0.15, 0.2) is 0 Å². The summed E-state index contributed by atoms with van der Waals surface area (Å²) < 4.78 is 29.8. The van der Waals surface area contributed by atoms with E-state index in [1.54, 1.807) is 6.92 Å². The Morgan fingerprint density at radius 1 is 1.39 bits per heavy atom. The fourth-order valence-electron chi connectivity index (χ4n) is 3.48. The molecule has 28 heavy (non-hydrogen) atoms. The summed E-state index contributed by atoms with van der Waals surface area (Å²) in [6.07, 6.45) is 5.12. The summed E-state index contributed by atoms with van der Waals surface area (Å²) in [5.41, 5.74) is 8.06. The molecule has 1 aromatic heterocycles. The Labute approximate surface area is 161 Å². The van der Waals surface area contributed by atoms with Crippen LogP contribution in [0.2, 0.25) is 0 Å². The largest absolute Gasteiger partial charge is 0.697 e. The molecule has 1 aliphatic heterocycles. The second kappa shape index (κ2) is 9.45. The van der Waals surface area contributed by atoms with Crippen LogP contribution in [0.1, 0.15) is 50.3 Å². The lowest BCUT2D eigenvalue weighted by atomic mass is 9.98. The number of nitrogens with zero attached hydrogens (tertiary/aromatic N) is 4. The Bertz CT molecular complexity index is 873. The van der Waals surface area contributed by atoms with E-state index < -0.39 is 37.9 Å². The van der Waals surface area contributed by atoms with Crippen molar-refractivity contribution in [2.75, 3.05) is 6.61 Å². The van der Waals surface area contributed by atoms with Crippen LogP contribution in [0.3, 0.4) is 0 Å². The van der Waals surface area contributed by atoms with Crippen molar-refractivity contribution in [2.24, 2.45) is 5.11 Å². The molecule has 3 rings (SSSR count). The van der Waals surface area contributed by atoms with Gasteiger partial charge in [0.2, 0.25) is 0 Å². The lowest BCUT2D eigenvalue weighted by Gasteiger charge is -2.16. The summed E-state index contributed by atoms with van der Waals surface area (Å²) in [5, 5.41) is 3.70. The summed E-state index contributed by atoms with van der Waals surface area (Å²) in [7, 11) is -2.31. The Balaban J connectivity index is 1.63. The highest BCUT2D eigenvalue weighted by molar-refractivity contribution is 7.33. The minimum absolute atomic E-state index is 0.0646. The number of nitrogens with one attached hydrogen (secondary N) is 1. The van der Waals surface area contributed by atoms with Gasteiger partial charge in [0, 0.05) is 27.7 Å². The molecule has 1 saturated carbocycles. The lowest BCUT2D eigenvalue weighted by molar-refractivity contribution is -0.0248. The molecule has 0 amide bonds. The molecule has 1 saturated heterocycles. The second-order valence-electron chi connectivity index (χ2n) is 7.00. The molecule has 0 radical (unpaired) electrons. The number of rotatable bonds is 7. The van der Waals surface area contributed by atoms with Gasteiger partial charge in [-0.2, -0.15) is 0 Å². The normalized spacial score (nSPS) is 26.0. The van der Waals surface area contributed by atoms with E-state index in [0.29, 0.717) is 5.56 Å². The van der Waals surface area contributed by atoms with Crippen LogP contribution in [-0.2, 0) is 18.3 Å². The zero-order valence-electron chi connectivity index (χ0n) is 15.5. The Kier molecular flexibility index (Phi) is 6.98. The molecular formula is C16H23N5O6P+. The van der Waals surface area contributed by atoms with Gasteiger partial charge in [-0.1, -0.05) is 24.4 Å². The first-order valence-corrected chi connectivity index (χ1v) is 10.4. The van der Waals surface area contributed by atoms with E-state index >= 15 is 0 Å². The maximum atomic E-state index is 12.1. The monoisotopic (exact) mass is 412 g/mol. The number of aryl methyl sites for hydroxylation is 1. The number of aromatic nitrogens is 2. The average Bonchev–Trinajstić information content (AvgIpc) is 3.07. The molecule has 2 heterocycles. The predicted molar refractivity (Wildman–Crippen MR) is 99.0 cm³/mol. The summed E-state index contributed by atoms with van der Waals surface area (Å²) in [6, 6.07) is -0.604. The van der Waals surface area contributed by atoms with Gasteiger partial charge >= 0.3 is 13.9 Å². The van der Waals surface area contributed by atoms with E-state index in [4.69, 9.17) is 19.3 Å². The summed E-state index contributed by atoms with van der Waals surface area (Å²) in [4.78, 5) is 28.6. The van der Waals surface area contributed by atoms with Crippen molar-refractivity contribution >= 4 is 8.25 Å². The maximum Gasteiger partial charge on any atom is 0.697 e. The van der Waals surface area contributed by atoms with Crippen molar-refractivity contribution in [2.45, 2.75) is 69.9 Å². The van der Waals surface area contributed by atoms with Crippen LogP contribution in [0.15, 0.2) is 20.9 Å². The van der Waals surface area contributed by atoms with Crippen LogP contribution in [0.25, 0.3) is 10.4 Å². The summed E-state index contributed by atoms with van der Waals surface area (Å²) in [6.45, 7) is 1.47. The minimum Gasteiger partial charge on any atom is -0.352 e. The molecule has 1 aromatic rings. The van der Waals surface area contributed by atoms with Crippen LogP contribution in [0.4, 0.5) is 0 Å². The maximum absolute atomic E-state index is 12.1. The highest BCUT2D eigenvalue weighted by Gasteiger charge is 2.39. The molecule has 4 atom stereocenters. The Hall–Kier alpha value is -2.03. The molecule has 0 spiro atoms. The molecule has 2 fully saturated rings. The van der Waals surface area contributed by atoms with Gasteiger partial charge < -0.3 is 4.74 Å². The van der Waals surface area contributed by atoms with Gasteiger partial charge in [-0.25, -0.2) is 4.79 Å². The third kappa shape index (κ3) is 5.06. The fourth-order valence-corrected chi connectivity index (χ4v) is 4.26. The van der Waals surface area contributed by atoms with E-state index in [-0.39, 0.29) is 19.1 Å². The van der Waals surface area contributed by atoms with Gasteiger partial charge in [0.25, 0.3) is 5.56 Å². The molecule has 1 aliphatic carbocycles. The number of aromatic amines is 1. The topological polar surface area (TPSA) is 148 Å². The van der Waals surface area contributed by atoms with Crippen LogP contribution < -0.4 is 11.2 Å². The molecule has 11 nitrogen and oxygen atoms in total. The number of hydrogen-bond donors (Lipinski definition) is 1. The molecule has 2 aliphatic rings. The zero-order chi connectivity index (χ0) is 20.1. The van der Waals surface area contributed by atoms with Crippen molar-refractivity contribution < 1.29 is 18.3 Å². The lowest BCUT2D eigenvalue weighted by Crippen LogP contribution is -2.33. The first-order chi connectivity index (χ1) is 13.5. The summed E-state index contributed by atoms with van der Waals surface area (Å²) in [5.74, 6) is 0. The third-order valence-electron chi connectivity index (χ3n) is 4.99. The molecule has 0 aromatic carbocycles. The highest BCUT2D eigenvalue weighted by atomic mass is 31.1. The molecule has 2 unspecified atom stereocenters. The van der Waals surface area contributed by atoms with Crippen molar-refractivity contribution in [3.63, 3.8) is 0 Å². The fraction of sp³-hybridized carbons (Fsp3) is 0.750.